The quantitative estimate of drug-likeness (QED) is 0.660. The highest BCUT2D eigenvalue weighted by molar-refractivity contribution is 4.93. The molecule has 0 aromatic rings. The summed E-state index contributed by atoms with van der Waals surface area (Å²) in [4.78, 5) is 0. The molecule has 3 nitrogen and oxygen atoms in total. The van der Waals surface area contributed by atoms with Crippen LogP contribution < -0.4 is 16.8 Å². The second-order valence-electron chi connectivity index (χ2n) is 6.39. The third kappa shape index (κ3) is 3.69. The Morgan fingerprint density at radius 3 is 2.00 bits per heavy atom. The van der Waals surface area contributed by atoms with E-state index < -0.39 is 0 Å². The van der Waals surface area contributed by atoms with Crippen molar-refractivity contribution in [2.24, 2.45) is 17.4 Å². The predicted molar refractivity (Wildman–Crippen MR) is 77.2 cm³/mol. The highest BCUT2D eigenvalue weighted by atomic mass is 15.1. The van der Waals surface area contributed by atoms with Crippen molar-refractivity contribution in [1.29, 1.82) is 0 Å². The Morgan fingerprint density at radius 2 is 1.44 bits per heavy atom. The van der Waals surface area contributed by atoms with Crippen molar-refractivity contribution in [1.82, 2.24) is 5.32 Å². The lowest BCUT2D eigenvalue weighted by Gasteiger charge is -2.43. The summed E-state index contributed by atoms with van der Waals surface area (Å²) < 4.78 is 0. The minimum atomic E-state index is -0.197. The second-order valence-corrected chi connectivity index (χ2v) is 6.39. The zero-order valence-corrected chi connectivity index (χ0v) is 11.8. The fourth-order valence-electron chi connectivity index (χ4n) is 3.88. The van der Waals surface area contributed by atoms with Gasteiger partial charge in [0.15, 0.2) is 0 Å². The Morgan fingerprint density at radius 1 is 0.889 bits per heavy atom. The molecule has 0 bridgehead atoms. The SMILES string of the molecule is NCCC(N)(NC1CCCCC1)C1CCCCC1. The van der Waals surface area contributed by atoms with Gasteiger partial charge in [-0.3, -0.25) is 5.32 Å². The predicted octanol–water partition coefficient (Wildman–Crippen LogP) is 2.49. The topological polar surface area (TPSA) is 64.1 Å². The molecule has 2 fully saturated rings. The molecule has 5 N–H and O–H groups in total. The molecule has 1 unspecified atom stereocenters. The van der Waals surface area contributed by atoms with Gasteiger partial charge in [0.25, 0.3) is 0 Å². The van der Waals surface area contributed by atoms with Crippen LogP contribution >= 0.6 is 0 Å². The summed E-state index contributed by atoms with van der Waals surface area (Å²) in [6, 6.07) is 0.636. The van der Waals surface area contributed by atoms with Crippen LogP contribution in [0, 0.1) is 5.92 Å². The van der Waals surface area contributed by atoms with Gasteiger partial charge in [0.1, 0.15) is 0 Å². The maximum atomic E-state index is 6.72. The van der Waals surface area contributed by atoms with Gasteiger partial charge in [-0.2, -0.15) is 0 Å². The zero-order valence-electron chi connectivity index (χ0n) is 11.8. The minimum absolute atomic E-state index is 0.197. The first-order chi connectivity index (χ1) is 8.74. The van der Waals surface area contributed by atoms with E-state index in [0.717, 1.165) is 6.42 Å². The van der Waals surface area contributed by atoms with Crippen LogP contribution in [-0.2, 0) is 0 Å². The zero-order chi connectivity index (χ0) is 12.8. The third-order valence-corrected chi connectivity index (χ3v) is 4.97. The van der Waals surface area contributed by atoms with E-state index in [1.54, 1.807) is 0 Å². The molecular formula is C15H31N3. The molecule has 0 aromatic heterocycles. The summed E-state index contributed by atoms with van der Waals surface area (Å²) in [6.07, 6.45) is 14.3. The molecule has 2 aliphatic carbocycles. The molecule has 0 aromatic carbocycles. The van der Waals surface area contributed by atoms with E-state index in [1.807, 2.05) is 0 Å². The molecule has 1 atom stereocenters. The van der Waals surface area contributed by atoms with E-state index in [2.05, 4.69) is 5.32 Å². The van der Waals surface area contributed by atoms with Crippen LogP contribution in [0.3, 0.4) is 0 Å². The maximum absolute atomic E-state index is 6.72. The number of hydrogen-bond acceptors (Lipinski definition) is 3. The van der Waals surface area contributed by atoms with Crippen molar-refractivity contribution in [2.75, 3.05) is 6.54 Å². The average Bonchev–Trinajstić information content (AvgIpc) is 2.41. The molecular weight excluding hydrogens is 222 g/mol. The van der Waals surface area contributed by atoms with Gasteiger partial charge in [-0.05, 0) is 44.6 Å². The summed E-state index contributed by atoms with van der Waals surface area (Å²) in [5, 5.41) is 3.80. The van der Waals surface area contributed by atoms with Gasteiger partial charge in [-0.15, -0.1) is 0 Å². The van der Waals surface area contributed by atoms with Gasteiger partial charge in [0, 0.05) is 6.04 Å². The van der Waals surface area contributed by atoms with Crippen LogP contribution in [0.4, 0.5) is 0 Å². The van der Waals surface area contributed by atoms with Crippen molar-refractivity contribution < 1.29 is 0 Å². The molecule has 18 heavy (non-hydrogen) atoms. The highest BCUT2D eigenvalue weighted by Crippen LogP contribution is 2.33. The average molecular weight is 253 g/mol. The summed E-state index contributed by atoms with van der Waals surface area (Å²) >= 11 is 0. The first kappa shape index (κ1) is 14.3. The van der Waals surface area contributed by atoms with Crippen LogP contribution in [0.2, 0.25) is 0 Å². The Balaban J connectivity index is 1.94. The van der Waals surface area contributed by atoms with Gasteiger partial charge < -0.3 is 11.5 Å². The summed E-state index contributed by atoms with van der Waals surface area (Å²) in [5.41, 5.74) is 12.3. The Kier molecular flexibility index (Phi) is 5.46. The molecule has 2 rings (SSSR count). The Hall–Kier alpha value is -0.120. The molecule has 0 aliphatic heterocycles. The lowest BCUT2D eigenvalue weighted by atomic mass is 9.77. The monoisotopic (exact) mass is 253 g/mol. The molecule has 0 saturated heterocycles. The first-order valence-corrected chi connectivity index (χ1v) is 8.01. The molecule has 0 radical (unpaired) electrons. The lowest BCUT2D eigenvalue weighted by molar-refractivity contribution is 0.129. The molecule has 0 heterocycles. The standard InChI is InChI=1S/C15H31N3/c16-12-11-15(17,13-7-3-1-4-8-13)18-14-9-5-2-6-10-14/h13-14,18H,1-12,16-17H2. The molecule has 3 heteroatoms. The normalized spacial score (nSPS) is 27.0. The summed E-state index contributed by atoms with van der Waals surface area (Å²) in [7, 11) is 0. The highest BCUT2D eigenvalue weighted by Gasteiger charge is 2.36. The van der Waals surface area contributed by atoms with E-state index in [-0.39, 0.29) is 5.66 Å². The van der Waals surface area contributed by atoms with Gasteiger partial charge in [0.05, 0.1) is 5.66 Å². The molecule has 106 valence electrons. The van der Waals surface area contributed by atoms with Crippen molar-refractivity contribution in [3.05, 3.63) is 0 Å². The number of nitrogens with one attached hydrogen (secondary N) is 1. The van der Waals surface area contributed by atoms with E-state index in [1.165, 1.54) is 64.2 Å². The van der Waals surface area contributed by atoms with Gasteiger partial charge >= 0.3 is 0 Å². The van der Waals surface area contributed by atoms with E-state index in [0.29, 0.717) is 18.5 Å². The van der Waals surface area contributed by atoms with Crippen LogP contribution in [0.15, 0.2) is 0 Å². The molecule has 2 aliphatic rings. The van der Waals surface area contributed by atoms with Crippen molar-refractivity contribution in [3.8, 4) is 0 Å². The number of rotatable bonds is 5. The molecule has 0 spiro atoms. The number of nitrogens with two attached hydrogens (primary N) is 2. The van der Waals surface area contributed by atoms with Crippen LogP contribution in [0.1, 0.15) is 70.6 Å². The third-order valence-electron chi connectivity index (χ3n) is 4.97. The maximum Gasteiger partial charge on any atom is 0.0705 e. The summed E-state index contributed by atoms with van der Waals surface area (Å²) in [6.45, 7) is 0.701. The van der Waals surface area contributed by atoms with Crippen LogP contribution in [0.25, 0.3) is 0 Å². The fraction of sp³-hybridized carbons (Fsp3) is 1.00. The minimum Gasteiger partial charge on any atom is -0.330 e. The summed E-state index contributed by atoms with van der Waals surface area (Å²) in [5.74, 6) is 0.636. The Labute approximate surface area is 112 Å². The molecule has 2 saturated carbocycles. The number of hydrogen-bond donors (Lipinski definition) is 3. The second kappa shape index (κ2) is 6.88. The molecule has 0 amide bonds. The first-order valence-electron chi connectivity index (χ1n) is 8.01. The van der Waals surface area contributed by atoms with Gasteiger partial charge in [-0.25, -0.2) is 0 Å². The largest absolute Gasteiger partial charge is 0.330 e. The van der Waals surface area contributed by atoms with E-state index in [9.17, 15) is 0 Å². The van der Waals surface area contributed by atoms with Gasteiger partial charge in [0.2, 0.25) is 0 Å². The fourth-order valence-corrected chi connectivity index (χ4v) is 3.88. The van der Waals surface area contributed by atoms with Crippen molar-refractivity contribution in [3.63, 3.8) is 0 Å². The van der Waals surface area contributed by atoms with E-state index >= 15 is 0 Å². The van der Waals surface area contributed by atoms with Crippen molar-refractivity contribution in [2.45, 2.75) is 82.3 Å². The Bertz CT molecular complexity index is 232. The van der Waals surface area contributed by atoms with Crippen molar-refractivity contribution >= 4 is 0 Å². The lowest BCUT2D eigenvalue weighted by Crippen LogP contribution is -2.63. The van der Waals surface area contributed by atoms with E-state index in [4.69, 9.17) is 11.5 Å². The van der Waals surface area contributed by atoms with Crippen LogP contribution in [-0.4, -0.2) is 18.2 Å². The smallest absolute Gasteiger partial charge is 0.0705 e. The van der Waals surface area contributed by atoms with Crippen LogP contribution in [0.5, 0.6) is 0 Å². The van der Waals surface area contributed by atoms with Gasteiger partial charge in [-0.1, -0.05) is 38.5 Å².